The molecule has 14 bridgehead atoms. The molecular weight excluding hydrogens is 1400 g/mol. The molecular formula is C54H81IN2O35S. The Hall–Kier alpha value is -2.21. The van der Waals surface area contributed by atoms with E-state index in [9.17, 15) is 100 Å². The van der Waals surface area contributed by atoms with Gasteiger partial charge in [0.25, 0.3) is 10.1 Å². The summed E-state index contributed by atoms with van der Waals surface area (Å²) in [5.41, 5.74) is 1.21. The van der Waals surface area contributed by atoms with Gasteiger partial charge in [-0.25, -0.2) is 4.98 Å². The summed E-state index contributed by atoms with van der Waals surface area (Å²) in [6.45, 7) is -0.937. The predicted octanol–water partition coefficient (Wildman–Crippen LogP) is -10.5. The van der Waals surface area contributed by atoms with Crippen molar-refractivity contribution in [1.29, 1.82) is 0 Å². The van der Waals surface area contributed by atoms with Crippen molar-refractivity contribution in [1.82, 2.24) is 9.55 Å². The number of aliphatic hydroxyl groups is 18. The van der Waals surface area contributed by atoms with Gasteiger partial charge in [0.15, 0.2) is 44.0 Å². The first-order chi connectivity index (χ1) is 44.1. The van der Waals surface area contributed by atoms with Gasteiger partial charge in [-0.05, 0) is 31.9 Å². The van der Waals surface area contributed by atoms with Crippen LogP contribution in [0.4, 0.5) is 0 Å². The van der Waals surface area contributed by atoms with Crippen LogP contribution in [0.2, 0.25) is 0 Å². The van der Waals surface area contributed by atoms with E-state index in [1.54, 1.807) is 19.1 Å². The largest absolute Gasteiger partial charge is 0.394 e. The van der Waals surface area contributed by atoms with Crippen LogP contribution in [-0.2, 0) is 87.2 Å². The Morgan fingerprint density at radius 1 is 0.409 bits per heavy atom. The normalized spacial score (nSPS) is 48.0. The molecule has 18 N–H and O–H groups in total. The number of alkyl halides is 1. The number of hydrogen-bond donors (Lipinski definition) is 18. The fourth-order valence-corrected chi connectivity index (χ4v) is 14.8. The zero-order valence-electron chi connectivity index (χ0n) is 49.7. The standard InChI is InChI=1S/C54H81IN2O35S/c1-16-6-17(2)47(18(3)7-16)93(76,77)78-14-25-46-32(68)39(75)54(85-25)91-45-24(13-61)83-52(37(73)30(45)66)89-43-22(11-59)81-50(35(71)28(43)64)87-41-20(9-57-5-4-56-15-57)80-49(34(70)27(41)63)86-40-19(8-55)79-48(33(69)26(40)62)88-42-21(10-58)82-51(36(72)29(42)65)90-44-23(12-60)84-53(92-46)38(74)31(44)67/h4-7,15,19-46,48-54,58-75H,8-14H2,1-3H3/t19-,20-,21-,22-,23-,24-,25-,26-,27-,28-,29-,30-,31-,32-,33-,34-,35-,36-,37-,38-,39-,40-,41-,42-,43-,44-,45-,46-,48-,49-,50-,51-,52-,53-,54-/m1/s1. The topological polar surface area (TPSA) is 555 Å². The van der Waals surface area contributed by atoms with Gasteiger partial charge < -0.3 is 163 Å². The number of halogens is 1. The van der Waals surface area contributed by atoms with Crippen LogP contribution in [0.5, 0.6) is 0 Å². The Morgan fingerprint density at radius 2 is 0.677 bits per heavy atom. The highest BCUT2D eigenvalue weighted by atomic mass is 127. The molecule has 0 spiro atoms. The number of benzene rings is 1. The summed E-state index contributed by atoms with van der Waals surface area (Å²) in [5, 5.41) is 206. The fraction of sp³-hybridized carbons (Fsp3) is 0.833. The lowest BCUT2D eigenvalue weighted by Crippen LogP contribution is -2.68. The second-order valence-electron chi connectivity index (χ2n) is 24.0. The molecule has 21 aliphatic rings. The van der Waals surface area contributed by atoms with Crippen molar-refractivity contribution in [2.75, 3.05) is 37.5 Å². The van der Waals surface area contributed by atoms with Crippen molar-refractivity contribution in [2.24, 2.45) is 0 Å². The molecule has 22 heterocycles. The van der Waals surface area contributed by atoms with E-state index in [4.69, 9.17) is 70.5 Å². The average Bonchev–Trinajstić information content (AvgIpc) is 0.872. The summed E-state index contributed by atoms with van der Waals surface area (Å²) in [4.78, 5) is 3.73. The molecule has 93 heavy (non-hydrogen) atoms. The monoisotopic (exact) mass is 1480 g/mol. The Kier molecular flexibility index (Phi) is 24.3. The van der Waals surface area contributed by atoms with Gasteiger partial charge in [0.05, 0.1) is 56.9 Å². The van der Waals surface area contributed by atoms with Crippen LogP contribution >= 0.6 is 22.6 Å². The third-order valence-electron chi connectivity index (χ3n) is 17.6. The van der Waals surface area contributed by atoms with E-state index >= 15 is 0 Å². The van der Waals surface area contributed by atoms with E-state index in [1.807, 2.05) is 22.6 Å². The molecule has 21 saturated heterocycles. The van der Waals surface area contributed by atoms with Gasteiger partial charge in [-0.1, -0.05) is 40.3 Å². The average molecular weight is 1480 g/mol. The number of aromatic nitrogens is 2. The lowest BCUT2D eigenvalue weighted by Gasteiger charge is -2.50. The molecule has 2 aromatic rings. The van der Waals surface area contributed by atoms with E-state index in [-0.39, 0.29) is 27.0 Å². The summed E-state index contributed by atoms with van der Waals surface area (Å²) >= 11 is 1.83. The van der Waals surface area contributed by atoms with Crippen LogP contribution in [0.3, 0.4) is 0 Å². The molecule has 1 aromatic heterocycles. The van der Waals surface area contributed by atoms with Crippen molar-refractivity contribution < 1.29 is 171 Å². The number of ether oxygens (including phenoxy) is 14. The summed E-state index contributed by atoms with van der Waals surface area (Å²) in [6, 6.07) is 3.11. The van der Waals surface area contributed by atoms with Crippen molar-refractivity contribution in [3.63, 3.8) is 0 Å². The molecule has 0 unspecified atom stereocenters. The van der Waals surface area contributed by atoms with Gasteiger partial charge in [-0.3, -0.25) is 4.18 Å². The highest BCUT2D eigenvalue weighted by Gasteiger charge is 2.60. The Balaban J connectivity index is 0.971. The summed E-state index contributed by atoms with van der Waals surface area (Å²) in [7, 11) is -4.77. The summed E-state index contributed by atoms with van der Waals surface area (Å²) in [5.74, 6) is 0. The molecule has 0 radical (unpaired) electrons. The molecule has 37 nitrogen and oxygen atoms in total. The quantitative estimate of drug-likeness (QED) is 0.0564. The first kappa shape index (κ1) is 73.5. The van der Waals surface area contributed by atoms with Crippen molar-refractivity contribution in [3.05, 3.63) is 47.5 Å². The predicted molar refractivity (Wildman–Crippen MR) is 302 cm³/mol. The second-order valence-corrected chi connectivity index (χ2v) is 26.4. The van der Waals surface area contributed by atoms with Crippen LogP contribution < -0.4 is 0 Å². The second kappa shape index (κ2) is 30.7. The van der Waals surface area contributed by atoms with E-state index in [0.29, 0.717) is 5.56 Å². The van der Waals surface area contributed by atoms with Gasteiger partial charge in [0.2, 0.25) is 0 Å². The molecule has 0 saturated carbocycles. The van der Waals surface area contributed by atoms with E-state index in [2.05, 4.69) is 4.98 Å². The smallest absolute Gasteiger partial charge is 0.297 e. The van der Waals surface area contributed by atoms with E-state index in [0.717, 1.165) is 0 Å². The molecule has 0 aliphatic carbocycles. The number of aliphatic hydroxyl groups excluding tert-OH is 18. The lowest BCUT2D eigenvalue weighted by molar-refractivity contribution is -0.396. The first-order valence-electron chi connectivity index (χ1n) is 29.8. The summed E-state index contributed by atoms with van der Waals surface area (Å²) < 4.78 is 118. The van der Waals surface area contributed by atoms with Gasteiger partial charge in [0.1, 0.15) is 165 Å². The fourth-order valence-electron chi connectivity index (χ4n) is 12.8. The lowest BCUT2D eigenvalue weighted by atomic mass is 9.95. The zero-order chi connectivity index (χ0) is 67.4. The highest BCUT2D eigenvalue weighted by molar-refractivity contribution is 14.1. The van der Waals surface area contributed by atoms with Crippen LogP contribution in [-0.4, -0.2) is 362 Å². The number of imidazole rings is 1. The van der Waals surface area contributed by atoms with Gasteiger partial charge >= 0.3 is 0 Å². The van der Waals surface area contributed by atoms with Crippen LogP contribution in [0.15, 0.2) is 35.7 Å². The van der Waals surface area contributed by atoms with Crippen LogP contribution in [0.25, 0.3) is 0 Å². The Bertz CT molecular complexity index is 2810. The summed E-state index contributed by atoms with van der Waals surface area (Å²) in [6.07, 6.45) is -65.8. The minimum atomic E-state index is -4.77. The highest BCUT2D eigenvalue weighted by Crippen LogP contribution is 2.40. The van der Waals surface area contributed by atoms with E-state index < -0.39 is 258 Å². The maximum atomic E-state index is 14.0. The van der Waals surface area contributed by atoms with Crippen LogP contribution in [0, 0.1) is 20.8 Å². The van der Waals surface area contributed by atoms with E-state index in [1.165, 1.54) is 37.1 Å². The molecule has 23 rings (SSSR count). The van der Waals surface area contributed by atoms with Gasteiger partial charge in [-0.15, -0.1) is 0 Å². The van der Waals surface area contributed by atoms with Crippen LogP contribution in [0.1, 0.15) is 16.7 Å². The third-order valence-corrected chi connectivity index (χ3v) is 20.0. The molecule has 21 fully saturated rings. The minimum absolute atomic E-state index is 0.0764. The number of nitrogens with zero attached hydrogens (tertiary/aromatic N) is 2. The Morgan fingerprint density at radius 3 is 0.968 bits per heavy atom. The zero-order valence-corrected chi connectivity index (χ0v) is 52.7. The molecule has 39 heteroatoms. The number of aryl methyl sites for hydroxylation is 3. The third kappa shape index (κ3) is 15.0. The molecule has 0 amide bonds. The SMILES string of the molecule is Cc1cc(C)c(S(=O)(=O)OC[C@H]2O[C@@H]3O[C@H]4[C@H](O)[C@@H](O)[C@@H](O[C@H]5[C@H](O)[C@@H](O)[C@@H](O[C@H]6[C@H](O)[C@@H](O)[C@@H](O[C@H]7[C@H](O)[C@@H](O)[C@@H](O[C@H]8[C@H](O)[C@@H](O)[C@@H](O[C@H]9[C@H](O)[C@@H](O)[C@@H](O[C@H]2[C@H](O)[C@H]3O)O[C@@H]9CO)O[C@@H]8CO)O[C@@H]7CI)O[C@@H]6Cn2ccnc2)O[C@@H]5CO)O[C@@H]4CO)c(C)c1. The maximum Gasteiger partial charge on any atom is 0.297 e. The van der Waals surface area contributed by atoms with Crippen molar-refractivity contribution in [2.45, 2.75) is 247 Å². The first-order valence-corrected chi connectivity index (χ1v) is 32.7. The van der Waals surface area contributed by atoms with Crippen molar-refractivity contribution >= 4 is 32.7 Å². The van der Waals surface area contributed by atoms with Gasteiger partial charge in [0, 0.05) is 16.8 Å². The molecule has 35 atom stereocenters. The van der Waals surface area contributed by atoms with Gasteiger partial charge in [-0.2, -0.15) is 8.42 Å². The number of rotatable bonds is 11. The maximum absolute atomic E-state index is 14.0. The molecule has 1 aromatic carbocycles. The van der Waals surface area contributed by atoms with Crippen molar-refractivity contribution in [3.8, 4) is 0 Å². The molecule has 21 aliphatic heterocycles. The molecule has 530 valence electrons. The number of hydrogen-bond acceptors (Lipinski definition) is 36. The minimum Gasteiger partial charge on any atom is -0.394 e. The Labute approximate surface area is 543 Å².